The highest BCUT2D eigenvalue weighted by molar-refractivity contribution is 6.24. The van der Waals surface area contributed by atoms with Crippen molar-refractivity contribution >= 4 is 49.6 Å². The predicted octanol–water partition coefficient (Wildman–Crippen LogP) is 12.0. The maximum atomic E-state index is 9.52. The molecule has 9 rings (SSSR count). The third-order valence-corrected chi connectivity index (χ3v) is 9.42. The number of nitriles is 1. The van der Waals surface area contributed by atoms with Crippen molar-refractivity contribution in [3.63, 3.8) is 0 Å². The molecule has 4 heteroatoms. The highest BCUT2D eigenvalue weighted by Crippen LogP contribution is 2.40. The molecular weight excluding hydrogens is 609 g/mol. The third kappa shape index (κ3) is 4.97. The maximum absolute atomic E-state index is 9.52. The molecular formula is C46H30N4. The molecule has 0 saturated carbocycles. The molecule has 50 heavy (non-hydrogen) atoms. The summed E-state index contributed by atoms with van der Waals surface area (Å²) in [5.41, 5.74) is 10.2. The van der Waals surface area contributed by atoms with E-state index in [0.29, 0.717) is 5.56 Å². The Labute approximate surface area is 290 Å². The minimum absolute atomic E-state index is 0.626. The molecule has 0 aliphatic heterocycles. The monoisotopic (exact) mass is 638 g/mol. The Balaban J connectivity index is 1.15. The van der Waals surface area contributed by atoms with Gasteiger partial charge in [-0.25, -0.2) is 4.98 Å². The lowest BCUT2D eigenvalue weighted by molar-refractivity contribution is 1.10. The van der Waals surface area contributed by atoms with Crippen molar-refractivity contribution in [2.45, 2.75) is 0 Å². The minimum Gasteiger partial charge on any atom is -0.311 e. The first-order valence-electron chi connectivity index (χ1n) is 16.7. The number of hydrogen-bond acceptors (Lipinski definition) is 3. The fourth-order valence-corrected chi connectivity index (χ4v) is 7.05. The minimum atomic E-state index is 0.626. The van der Waals surface area contributed by atoms with Gasteiger partial charge in [-0.15, -0.1) is 0 Å². The smallest absolute Gasteiger partial charge is 0.145 e. The van der Waals surface area contributed by atoms with Crippen molar-refractivity contribution < 1.29 is 0 Å². The summed E-state index contributed by atoms with van der Waals surface area (Å²) in [6.45, 7) is 0. The first kappa shape index (κ1) is 29.2. The van der Waals surface area contributed by atoms with Gasteiger partial charge in [-0.1, -0.05) is 121 Å². The van der Waals surface area contributed by atoms with Crippen LogP contribution < -0.4 is 4.90 Å². The highest BCUT2D eigenvalue weighted by Gasteiger charge is 2.20. The SMILES string of the molecule is N#Cc1ccc(-n2c(-c3ccc(-c4ccc(N(c5ccccc5)c5ccccc5)cc4)cc3)nc3c4ccccc4c4ccccc4c32)cc1. The average molecular weight is 639 g/mol. The van der Waals surface area contributed by atoms with Gasteiger partial charge in [-0.3, -0.25) is 4.57 Å². The highest BCUT2D eigenvalue weighted by atomic mass is 15.1. The lowest BCUT2D eigenvalue weighted by Gasteiger charge is -2.25. The Morgan fingerprint density at radius 1 is 0.440 bits per heavy atom. The van der Waals surface area contributed by atoms with Gasteiger partial charge in [0, 0.05) is 39.1 Å². The van der Waals surface area contributed by atoms with Gasteiger partial charge >= 0.3 is 0 Å². The molecule has 0 unspecified atom stereocenters. The van der Waals surface area contributed by atoms with Crippen molar-refractivity contribution in [2.24, 2.45) is 0 Å². The third-order valence-electron chi connectivity index (χ3n) is 9.42. The standard InChI is InChI=1S/C46H30N4/c47-31-32-19-27-39(28-20-32)50-45-43-18-10-8-16-41(43)40-15-7-9-17-42(40)44(45)48-46(50)35-23-21-33(22-24-35)34-25-29-38(30-26-34)49(36-11-3-1-4-12-36)37-13-5-2-6-14-37/h1-30H. The van der Waals surface area contributed by atoms with Gasteiger partial charge in [-0.05, 0) is 82.6 Å². The zero-order valence-electron chi connectivity index (χ0n) is 27.1. The van der Waals surface area contributed by atoms with E-state index in [1.54, 1.807) is 0 Å². The van der Waals surface area contributed by atoms with Gasteiger partial charge in [0.15, 0.2) is 0 Å². The van der Waals surface area contributed by atoms with Gasteiger partial charge in [0.1, 0.15) is 5.82 Å². The number of benzene rings is 8. The molecule has 0 amide bonds. The van der Waals surface area contributed by atoms with Crippen LogP contribution in [0.5, 0.6) is 0 Å². The molecule has 0 saturated heterocycles. The van der Waals surface area contributed by atoms with E-state index in [2.05, 4.69) is 161 Å². The van der Waals surface area contributed by atoms with Crippen LogP contribution in [0.3, 0.4) is 0 Å². The van der Waals surface area contributed by atoms with Gasteiger partial charge in [-0.2, -0.15) is 5.26 Å². The second-order valence-corrected chi connectivity index (χ2v) is 12.3. The number of para-hydroxylation sites is 2. The van der Waals surface area contributed by atoms with Crippen molar-refractivity contribution in [1.29, 1.82) is 5.26 Å². The van der Waals surface area contributed by atoms with Crippen LogP contribution in [0.15, 0.2) is 182 Å². The number of nitrogens with zero attached hydrogens (tertiary/aromatic N) is 4. The van der Waals surface area contributed by atoms with E-state index in [1.807, 2.05) is 36.4 Å². The van der Waals surface area contributed by atoms with Crippen LogP contribution in [0.4, 0.5) is 17.1 Å². The van der Waals surface area contributed by atoms with E-state index in [1.165, 1.54) is 10.8 Å². The molecule has 4 nitrogen and oxygen atoms in total. The summed E-state index contributed by atoms with van der Waals surface area (Å²) in [6, 6.07) is 65.4. The van der Waals surface area contributed by atoms with Crippen LogP contribution in [-0.4, -0.2) is 9.55 Å². The average Bonchev–Trinajstić information content (AvgIpc) is 3.61. The molecule has 0 radical (unpaired) electrons. The lowest BCUT2D eigenvalue weighted by atomic mass is 10.00. The molecule has 0 spiro atoms. The second-order valence-electron chi connectivity index (χ2n) is 12.3. The van der Waals surface area contributed by atoms with Crippen LogP contribution in [0.2, 0.25) is 0 Å². The Hall–Kier alpha value is -6.96. The van der Waals surface area contributed by atoms with Crippen LogP contribution in [-0.2, 0) is 0 Å². The summed E-state index contributed by atoms with van der Waals surface area (Å²) in [7, 11) is 0. The van der Waals surface area contributed by atoms with Gasteiger partial charge in [0.2, 0.25) is 0 Å². The van der Waals surface area contributed by atoms with Gasteiger partial charge in [0.25, 0.3) is 0 Å². The van der Waals surface area contributed by atoms with E-state index in [9.17, 15) is 5.26 Å². The first-order valence-corrected chi connectivity index (χ1v) is 16.7. The number of aromatic nitrogens is 2. The van der Waals surface area contributed by atoms with E-state index in [0.717, 1.165) is 67.1 Å². The van der Waals surface area contributed by atoms with Gasteiger partial charge < -0.3 is 4.90 Å². The molecule has 0 N–H and O–H groups in total. The van der Waals surface area contributed by atoms with E-state index in [4.69, 9.17) is 4.98 Å². The van der Waals surface area contributed by atoms with E-state index < -0.39 is 0 Å². The lowest BCUT2D eigenvalue weighted by Crippen LogP contribution is -2.09. The summed E-state index contributed by atoms with van der Waals surface area (Å²) in [5.74, 6) is 0.856. The van der Waals surface area contributed by atoms with Crippen LogP contribution >= 0.6 is 0 Å². The zero-order chi connectivity index (χ0) is 33.4. The largest absolute Gasteiger partial charge is 0.311 e. The Kier molecular flexibility index (Phi) is 7.15. The quantitative estimate of drug-likeness (QED) is 0.170. The Bertz CT molecular complexity index is 2630. The van der Waals surface area contributed by atoms with Gasteiger partial charge in [0.05, 0.1) is 22.7 Å². The molecule has 1 heterocycles. The molecule has 9 aromatic rings. The van der Waals surface area contributed by atoms with Crippen LogP contribution in [0.25, 0.3) is 60.8 Å². The Morgan fingerprint density at radius 3 is 1.48 bits per heavy atom. The summed E-state index contributed by atoms with van der Waals surface area (Å²) < 4.78 is 2.25. The normalized spacial score (nSPS) is 11.2. The van der Waals surface area contributed by atoms with Crippen molar-refractivity contribution in [3.8, 4) is 34.3 Å². The summed E-state index contributed by atoms with van der Waals surface area (Å²) >= 11 is 0. The summed E-state index contributed by atoms with van der Waals surface area (Å²) in [4.78, 5) is 7.64. The number of fused-ring (bicyclic) bond motifs is 6. The van der Waals surface area contributed by atoms with E-state index in [-0.39, 0.29) is 0 Å². The first-order chi connectivity index (χ1) is 24.8. The molecule has 1 aromatic heterocycles. The number of anilines is 3. The number of hydrogen-bond donors (Lipinski definition) is 0. The summed E-state index contributed by atoms with van der Waals surface area (Å²) in [5, 5.41) is 14.1. The van der Waals surface area contributed by atoms with Crippen LogP contribution in [0, 0.1) is 11.3 Å². The second kappa shape index (κ2) is 12.2. The topological polar surface area (TPSA) is 44.9 Å². The molecule has 0 aliphatic rings. The number of rotatable bonds is 6. The van der Waals surface area contributed by atoms with Crippen LogP contribution in [0.1, 0.15) is 5.56 Å². The maximum Gasteiger partial charge on any atom is 0.145 e. The fourth-order valence-electron chi connectivity index (χ4n) is 7.05. The molecule has 0 bridgehead atoms. The molecule has 0 atom stereocenters. The Morgan fingerprint density at radius 2 is 0.900 bits per heavy atom. The zero-order valence-corrected chi connectivity index (χ0v) is 27.1. The molecule has 0 aliphatic carbocycles. The molecule has 8 aromatic carbocycles. The molecule has 234 valence electrons. The number of imidazole rings is 1. The van der Waals surface area contributed by atoms with Crippen molar-refractivity contribution in [1.82, 2.24) is 9.55 Å². The predicted molar refractivity (Wildman–Crippen MR) is 206 cm³/mol. The van der Waals surface area contributed by atoms with Crippen molar-refractivity contribution in [3.05, 3.63) is 188 Å². The molecule has 0 fully saturated rings. The van der Waals surface area contributed by atoms with Crippen molar-refractivity contribution in [2.75, 3.05) is 4.90 Å². The fraction of sp³-hybridized carbons (Fsp3) is 0. The summed E-state index contributed by atoms with van der Waals surface area (Å²) in [6.07, 6.45) is 0. The van der Waals surface area contributed by atoms with E-state index >= 15 is 0 Å².